The molecule has 176 valence electrons. The van der Waals surface area contributed by atoms with Gasteiger partial charge in [-0.15, -0.1) is 11.3 Å². The summed E-state index contributed by atoms with van der Waals surface area (Å²) < 4.78 is 33.5. The van der Waals surface area contributed by atoms with Gasteiger partial charge < -0.3 is 9.84 Å². The molecule has 1 amide bonds. The number of benzene rings is 1. The topological polar surface area (TPSA) is 105 Å². The van der Waals surface area contributed by atoms with Crippen molar-refractivity contribution in [1.82, 2.24) is 14.4 Å². The Kier molecular flexibility index (Phi) is 6.69. The fraction of sp³-hybridized carbons (Fsp3) is 0.435. The van der Waals surface area contributed by atoms with Crippen LogP contribution in [0, 0.1) is 26.7 Å². The first-order valence-corrected chi connectivity index (χ1v) is 13.3. The van der Waals surface area contributed by atoms with E-state index in [4.69, 9.17) is 4.52 Å². The van der Waals surface area contributed by atoms with Crippen molar-refractivity contribution in [3.8, 4) is 10.7 Å². The Bertz CT molecular complexity index is 1280. The predicted molar refractivity (Wildman–Crippen MR) is 128 cm³/mol. The lowest BCUT2D eigenvalue weighted by molar-refractivity contribution is -0.120. The standard InChI is InChI=1S/C23H28N4O4S2/c1-5-21-25-22(26-31-21)19-12-20(16(4)32-19)33(29,30)27-10-6-7-17(13-27)23(28)24-18-9-8-14(2)15(3)11-18/h8-9,11-12,17H,5-7,10,13H2,1-4H3,(H,24,28). The fourth-order valence-corrected chi connectivity index (χ4v) is 6.92. The molecule has 1 aliphatic rings. The van der Waals surface area contributed by atoms with Crippen molar-refractivity contribution in [3.63, 3.8) is 0 Å². The number of carbonyl (C=O) groups is 1. The highest BCUT2D eigenvalue weighted by molar-refractivity contribution is 7.89. The van der Waals surface area contributed by atoms with Crippen LogP contribution in [-0.4, -0.2) is 41.9 Å². The van der Waals surface area contributed by atoms with Crippen LogP contribution in [0.1, 0.15) is 41.7 Å². The molecule has 2 aromatic heterocycles. The van der Waals surface area contributed by atoms with Crippen molar-refractivity contribution in [1.29, 1.82) is 0 Å². The van der Waals surface area contributed by atoms with Crippen LogP contribution < -0.4 is 5.32 Å². The van der Waals surface area contributed by atoms with Crippen molar-refractivity contribution in [2.75, 3.05) is 18.4 Å². The lowest BCUT2D eigenvalue weighted by Crippen LogP contribution is -2.43. The molecule has 1 N–H and O–H groups in total. The Morgan fingerprint density at radius 3 is 2.73 bits per heavy atom. The number of aromatic nitrogens is 2. The number of nitrogens with zero attached hydrogens (tertiary/aromatic N) is 3. The van der Waals surface area contributed by atoms with Gasteiger partial charge in [-0.2, -0.15) is 9.29 Å². The molecule has 1 saturated heterocycles. The first-order valence-electron chi connectivity index (χ1n) is 11.0. The number of anilines is 1. The minimum atomic E-state index is -3.75. The van der Waals surface area contributed by atoms with Crippen LogP contribution in [0.3, 0.4) is 0 Å². The maximum Gasteiger partial charge on any atom is 0.244 e. The van der Waals surface area contributed by atoms with Crippen LogP contribution >= 0.6 is 11.3 Å². The van der Waals surface area contributed by atoms with E-state index in [2.05, 4.69) is 15.5 Å². The lowest BCUT2D eigenvalue weighted by atomic mass is 9.98. The molecule has 10 heteroatoms. The Morgan fingerprint density at radius 2 is 2.03 bits per heavy atom. The molecule has 1 aromatic carbocycles. The molecule has 1 atom stereocenters. The van der Waals surface area contributed by atoms with E-state index in [1.807, 2.05) is 39.0 Å². The van der Waals surface area contributed by atoms with Gasteiger partial charge in [0.05, 0.1) is 15.7 Å². The zero-order valence-electron chi connectivity index (χ0n) is 19.2. The van der Waals surface area contributed by atoms with E-state index in [1.165, 1.54) is 15.6 Å². The molecule has 1 unspecified atom stereocenters. The van der Waals surface area contributed by atoms with Gasteiger partial charge in [0.25, 0.3) is 0 Å². The number of rotatable bonds is 6. The summed E-state index contributed by atoms with van der Waals surface area (Å²) in [5.74, 6) is 0.345. The van der Waals surface area contributed by atoms with Gasteiger partial charge in [0.1, 0.15) is 0 Å². The number of nitrogens with one attached hydrogen (secondary N) is 1. The number of thiophene rings is 1. The van der Waals surface area contributed by atoms with Gasteiger partial charge in [-0.05, 0) is 62.9 Å². The average molecular weight is 489 g/mol. The molecule has 33 heavy (non-hydrogen) atoms. The highest BCUT2D eigenvalue weighted by Gasteiger charge is 2.35. The average Bonchev–Trinajstić information content (AvgIpc) is 3.43. The molecular weight excluding hydrogens is 460 g/mol. The van der Waals surface area contributed by atoms with Crippen molar-refractivity contribution < 1.29 is 17.7 Å². The second kappa shape index (κ2) is 9.36. The Balaban J connectivity index is 1.51. The Morgan fingerprint density at radius 1 is 1.24 bits per heavy atom. The van der Waals surface area contributed by atoms with Crippen LogP contribution in [0.25, 0.3) is 10.7 Å². The number of hydrogen-bond acceptors (Lipinski definition) is 7. The van der Waals surface area contributed by atoms with E-state index in [-0.39, 0.29) is 17.3 Å². The van der Waals surface area contributed by atoms with E-state index >= 15 is 0 Å². The first-order chi connectivity index (χ1) is 15.7. The van der Waals surface area contributed by atoms with E-state index < -0.39 is 15.9 Å². The van der Waals surface area contributed by atoms with Gasteiger partial charge in [-0.25, -0.2) is 8.42 Å². The third-order valence-electron chi connectivity index (χ3n) is 6.01. The number of amides is 1. The minimum absolute atomic E-state index is 0.153. The molecule has 1 fully saturated rings. The molecular formula is C23H28N4O4S2. The number of hydrogen-bond donors (Lipinski definition) is 1. The Labute approximate surface area is 198 Å². The summed E-state index contributed by atoms with van der Waals surface area (Å²) in [6.45, 7) is 8.25. The number of sulfonamides is 1. The van der Waals surface area contributed by atoms with Gasteiger partial charge in [0.15, 0.2) is 0 Å². The molecule has 3 heterocycles. The van der Waals surface area contributed by atoms with Crippen molar-refractivity contribution in [2.24, 2.45) is 5.92 Å². The van der Waals surface area contributed by atoms with Gasteiger partial charge in [-0.1, -0.05) is 18.1 Å². The van der Waals surface area contributed by atoms with Crippen molar-refractivity contribution in [2.45, 2.75) is 51.9 Å². The summed E-state index contributed by atoms with van der Waals surface area (Å²) in [5, 5.41) is 6.91. The number of carbonyl (C=O) groups excluding carboxylic acids is 1. The minimum Gasteiger partial charge on any atom is -0.339 e. The smallest absolute Gasteiger partial charge is 0.244 e. The van der Waals surface area contributed by atoms with Gasteiger partial charge in [0, 0.05) is 30.1 Å². The first kappa shape index (κ1) is 23.6. The molecule has 1 aliphatic heterocycles. The zero-order chi connectivity index (χ0) is 23.8. The second-order valence-electron chi connectivity index (χ2n) is 8.39. The molecule has 0 saturated carbocycles. The van der Waals surface area contributed by atoms with Gasteiger partial charge in [0.2, 0.25) is 27.6 Å². The maximum absolute atomic E-state index is 13.5. The number of piperidine rings is 1. The van der Waals surface area contributed by atoms with Gasteiger partial charge in [-0.3, -0.25) is 4.79 Å². The molecule has 8 nitrogen and oxygen atoms in total. The lowest BCUT2D eigenvalue weighted by Gasteiger charge is -2.31. The van der Waals surface area contributed by atoms with Gasteiger partial charge >= 0.3 is 0 Å². The predicted octanol–water partition coefficient (Wildman–Crippen LogP) is 4.33. The van der Waals surface area contributed by atoms with Crippen LogP contribution in [0.2, 0.25) is 0 Å². The zero-order valence-corrected chi connectivity index (χ0v) is 20.8. The highest BCUT2D eigenvalue weighted by Crippen LogP contribution is 2.35. The van der Waals surface area contributed by atoms with E-state index in [1.54, 1.807) is 13.0 Å². The monoisotopic (exact) mass is 488 g/mol. The molecule has 0 spiro atoms. The van der Waals surface area contributed by atoms with Crippen molar-refractivity contribution in [3.05, 3.63) is 46.2 Å². The molecule has 4 rings (SSSR count). The van der Waals surface area contributed by atoms with Crippen LogP contribution in [-0.2, 0) is 21.2 Å². The quantitative estimate of drug-likeness (QED) is 0.554. The summed E-state index contributed by atoms with van der Waals surface area (Å²) in [5.41, 5.74) is 2.98. The third kappa shape index (κ3) is 4.87. The summed E-state index contributed by atoms with van der Waals surface area (Å²) >= 11 is 1.32. The van der Waals surface area contributed by atoms with E-state index in [9.17, 15) is 13.2 Å². The van der Waals surface area contributed by atoms with Crippen molar-refractivity contribution >= 4 is 33.0 Å². The SMILES string of the molecule is CCc1nc(-c2cc(S(=O)(=O)N3CCCC(C(=O)Nc4ccc(C)c(C)c4)C3)c(C)s2)no1. The van der Waals surface area contributed by atoms with Crippen LogP contribution in [0.4, 0.5) is 5.69 Å². The normalized spacial score (nSPS) is 17.3. The van der Waals surface area contributed by atoms with Crippen LogP contribution in [0.5, 0.6) is 0 Å². The summed E-state index contributed by atoms with van der Waals surface area (Å²) in [4.78, 5) is 18.8. The van der Waals surface area contributed by atoms with E-state index in [0.717, 1.165) is 16.8 Å². The summed E-state index contributed by atoms with van der Waals surface area (Å²) in [7, 11) is -3.75. The maximum atomic E-state index is 13.5. The molecule has 3 aromatic rings. The second-order valence-corrected chi connectivity index (χ2v) is 11.5. The highest BCUT2D eigenvalue weighted by atomic mass is 32.2. The molecule has 0 aliphatic carbocycles. The summed E-state index contributed by atoms with van der Waals surface area (Å²) in [6, 6.07) is 7.38. The largest absolute Gasteiger partial charge is 0.339 e. The summed E-state index contributed by atoms with van der Waals surface area (Å²) in [6.07, 6.45) is 1.89. The molecule has 0 radical (unpaired) electrons. The molecule has 0 bridgehead atoms. The third-order valence-corrected chi connectivity index (χ3v) is 9.18. The fourth-order valence-electron chi connectivity index (χ4n) is 3.91. The Hall–Kier alpha value is -2.56. The van der Waals surface area contributed by atoms with E-state index in [0.29, 0.717) is 47.3 Å². The van der Waals surface area contributed by atoms with Crippen LogP contribution in [0.15, 0.2) is 33.7 Å². The number of aryl methyl sites for hydroxylation is 4.